The van der Waals surface area contributed by atoms with Gasteiger partial charge in [-0.1, -0.05) is 13.8 Å². The van der Waals surface area contributed by atoms with Crippen LogP contribution in [-0.2, 0) is 9.53 Å². The van der Waals surface area contributed by atoms with Crippen molar-refractivity contribution in [2.75, 3.05) is 13.2 Å². The molecule has 17 heavy (non-hydrogen) atoms. The Morgan fingerprint density at radius 3 is 2.47 bits per heavy atom. The third-order valence-corrected chi connectivity index (χ3v) is 2.98. The second-order valence-electron chi connectivity index (χ2n) is 5.46. The Hall–Kier alpha value is -0.610. The summed E-state index contributed by atoms with van der Waals surface area (Å²) >= 11 is 0. The van der Waals surface area contributed by atoms with Crippen LogP contribution in [-0.4, -0.2) is 48.2 Å². The summed E-state index contributed by atoms with van der Waals surface area (Å²) in [6.07, 6.45) is 0.597. The van der Waals surface area contributed by atoms with Crippen LogP contribution in [0.3, 0.4) is 0 Å². The molecule has 0 aromatic heterocycles. The van der Waals surface area contributed by atoms with Crippen molar-refractivity contribution in [3.63, 3.8) is 0 Å². The smallest absolute Gasteiger partial charge is 0.252 e. The van der Waals surface area contributed by atoms with Crippen LogP contribution >= 0.6 is 0 Å². The van der Waals surface area contributed by atoms with Gasteiger partial charge >= 0.3 is 0 Å². The highest BCUT2D eigenvalue weighted by molar-refractivity contribution is 5.83. The van der Waals surface area contributed by atoms with Crippen LogP contribution in [0.15, 0.2) is 0 Å². The number of nitrogens with zero attached hydrogens (tertiary/aromatic N) is 1. The van der Waals surface area contributed by atoms with Gasteiger partial charge in [-0.05, 0) is 20.8 Å². The zero-order valence-electron chi connectivity index (χ0n) is 11.7. The fraction of sp³-hybridized carbons (Fsp3) is 0.923. The third kappa shape index (κ3) is 4.28. The molecule has 0 aliphatic carbocycles. The van der Waals surface area contributed by atoms with E-state index in [0.717, 1.165) is 13.0 Å². The highest BCUT2D eigenvalue weighted by atomic mass is 16.5. The number of hydrogen-bond donors (Lipinski definition) is 1. The number of rotatable bonds is 6. The second kappa shape index (κ2) is 6.36. The summed E-state index contributed by atoms with van der Waals surface area (Å²) in [4.78, 5) is 13.9. The van der Waals surface area contributed by atoms with Crippen molar-refractivity contribution in [3.05, 3.63) is 0 Å². The highest BCUT2D eigenvalue weighted by Gasteiger charge is 2.33. The van der Waals surface area contributed by atoms with E-state index < -0.39 is 0 Å². The molecule has 1 aliphatic heterocycles. The number of nitrogens with one attached hydrogen (secondary N) is 1. The fourth-order valence-corrected chi connectivity index (χ4v) is 2.22. The molecule has 1 heterocycles. The van der Waals surface area contributed by atoms with E-state index in [1.807, 2.05) is 18.7 Å². The molecule has 0 radical (unpaired) electrons. The largest absolute Gasteiger partial charge is 0.367 e. The Labute approximate surface area is 105 Å². The van der Waals surface area contributed by atoms with Crippen LogP contribution in [0.5, 0.6) is 0 Å². The number of hydrogen-bond acceptors (Lipinski definition) is 3. The minimum atomic E-state index is -0.228. The van der Waals surface area contributed by atoms with E-state index >= 15 is 0 Å². The maximum atomic E-state index is 12.0. The molecule has 1 rings (SSSR count). The lowest BCUT2D eigenvalue weighted by Gasteiger charge is -2.22. The molecule has 0 bridgehead atoms. The highest BCUT2D eigenvalue weighted by Crippen LogP contribution is 2.17. The van der Waals surface area contributed by atoms with Gasteiger partial charge in [0, 0.05) is 31.1 Å². The summed E-state index contributed by atoms with van der Waals surface area (Å²) in [5.74, 6) is 0.150. The minimum Gasteiger partial charge on any atom is -0.367 e. The number of likely N-dealkylation sites (tertiary alicyclic amines) is 1. The van der Waals surface area contributed by atoms with E-state index in [2.05, 4.69) is 26.1 Å². The normalized spacial score (nSPS) is 22.9. The zero-order chi connectivity index (χ0) is 13.0. The molecule has 0 aromatic carbocycles. The van der Waals surface area contributed by atoms with Crippen molar-refractivity contribution in [2.45, 2.75) is 65.3 Å². The van der Waals surface area contributed by atoms with Gasteiger partial charge in [-0.25, -0.2) is 0 Å². The van der Waals surface area contributed by atoms with E-state index in [1.165, 1.54) is 0 Å². The Bertz CT molecular complexity index is 254. The Morgan fingerprint density at radius 2 is 2.00 bits per heavy atom. The maximum absolute atomic E-state index is 12.0. The van der Waals surface area contributed by atoms with Crippen molar-refractivity contribution >= 4 is 5.91 Å². The third-order valence-electron chi connectivity index (χ3n) is 2.98. The summed E-state index contributed by atoms with van der Waals surface area (Å²) in [7, 11) is 0. The predicted octanol–water partition coefficient (Wildman–Crippen LogP) is 1.40. The monoisotopic (exact) mass is 242 g/mol. The number of carbonyl (C=O) groups excluding carboxylic acids is 1. The second-order valence-corrected chi connectivity index (χ2v) is 5.46. The number of amides is 1. The van der Waals surface area contributed by atoms with Crippen molar-refractivity contribution in [3.8, 4) is 0 Å². The number of ether oxygens (including phenoxy) is 1. The molecule has 0 saturated carbocycles. The Morgan fingerprint density at radius 1 is 1.35 bits per heavy atom. The molecule has 1 saturated heterocycles. The van der Waals surface area contributed by atoms with Gasteiger partial charge in [0.25, 0.3) is 5.91 Å². The molecule has 0 aromatic rings. The summed E-state index contributed by atoms with van der Waals surface area (Å²) in [6, 6.07) is 1.01. The van der Waals surface area contributed by atoms with Crippen LogP contribution in [0, 0.1) is 0 Å². The lowest BCUT2D eigenvalue weighted by molar-refractivity contribution is -0.138. The van der Waals surface area contributed by atoms with Crippen LogP contribution in [0.1, 0.15) is 41.0 Å². The van der Waals surface area contributed by atoms with Crippen LogP contribution in [0.2, 0.25) is 0 Å². The molecule has 1 N–H and O–H groups in total. The van der Waals surface area contributed by atoms with E-state index in [1.54, 1.807) is 0 Å². The van der Waals surface area contributed by atoms with E-state index in [9.17, 15) is 4.79 Å². The molecule has 4 heteroatoms. The fourth-order valence-electron chi connectivity index (χ4n) is 2.22. The molecule has 4 nitrogen and oxygen atoms in total. The van der Waals surface area contributed by atoms with Gasteiger partial charge in [-0.3, -0.25) is 4.79 Å². The molecular weight excluding hydrogens is 216 g/mol. The quantitative estimate of drug-likeness (QED) is 0.765. The zero-order valence-corrected chi connectivity index (χ0v) is 11.7. The average molecular weight is 242 g/mol. The Balaban J connectivity index is 2.32. The molecule has 1 fully saturated rings. The van der Waals surface area contributed by atoms with Gasteiger partial charge in [-0.15, -0.1) is 0 Å². The lowest BCUT2D eigenvalue weighted by Crippen LogP contribution is -2.39. The van der Waals surface area contributed by atoms with Crippen LogP contribution in [0.25, 0.3) is 0 Å². The minimum absolute atomic E-state index is 0.150. The van der Waals surface area contributed by atoms with Gasteiger partial charge < -0.3 is 15.0 Å². The van der Waals surface area contributed by atoms with Gasteiger partial charge in [0.1, 0.15) is 6.10 Å². The molecule has 2 atom stereocenters. The molecule has 1 aliphatic rings. The molecular formula is C13H26N2O2. The van der Waals surface area contributed by atoms with Gasteiger partial charge in [0.05, 0.1) is 6.61 Å². The standard InChI is InChI=1S/C13H26N2O2/c1-9(2)14-11(5)8-17-12-6-7-15(10(3)4)13(12)16/h9-12,14H,6-8H2,1-5H3/t11-,12+/m0/s1. The van der Waals surface area contributed by atoms with Crippen molar-refractivity contribution in [1.82, 2.24) is 10.2 Å². The van der Waals surface area contributed by atoms with Crippen LogP contribution in [0.4, 0.5) is 0 Å². The topological polar surface area (TPSA) is 41.6 Å². The maximum Gasteiger partial charge on any atom is 0.252 e. The van der Waals surface area contributed by atoms with E-state index in [-0.39, 0.29) is 24.1 Å². The van der Waals surface area contributed by atoms with Gasteiger partial charge in [0.2, 0.25) is 0 Å². The van der Waals surface area contributed by atoms with Gasteiger partial charge in [0.15, 0.2) is 0 Å². The summed E-state index contributed by atoms with van der Waals surface area (Å²) in [6.45, 7) is 11.8. The van der Waals surface area contributed by atoms with Crippen molar-refractivity contribution in [1.29, 1.82) is 0 Å². The van der Waals surface area contributed by atoms with E-state index in [4.69, 9.17) is 4.74 Å². The first-order valence-electron chi connectivity index (χ1n) is 6.60. The SMILES string of the molecule is CC(C)N[C@@H](C)CO[C@@H]1CCN(C(C)C)C1=O. The average Bonchev–Trinajstić information content (AvgIpc) is 2.55. The van der Waals surface area contributed by atoms with Crippen LogP contribution < -0.4 is 5.32 Å². The summed E-state index contributed by atoms with van der Waals surface area (Å²) in [5.41, 5.74) is 0. The first-order valence-corrected chi connectivity index (χ1v) is 6.60. The summed E-state index contributed by atoms with van der Waals surface area (Å²) < 4.78 is 5.70. The van der Waals surface area contributed by atoms with Gasteiger partial charge in [-0.2, -0.15) is 0 Å². The first kappa shape index (κ1) is 14.5. The van der Waals surface area contributed by atoms with Crippen molar-refractivity contribution < 1.29 is 9.53 Å². The molecule has 0 unspecified atom stereocenters. The summed E-state index contributed by atoms with van der Waals surface area (Å²) in [5, 5.41) is 3.37. The molecule has 1 amide bonds. The molecule has 0 spiro atoms. The predicted molar refractivity (Wildman–Crippen MR) is 68.9 cm³/mol. The first-order chi connectivity index (χ1) is 7.91. The van der Waals surface area contributed by atoms with Crippen molar-refractivity contribution in [2.24, 2.45) is 0 Å². The lowest BCUT2D eigenvalue weighted by atomic mass is 10.2. The number of carbonyl (C=O) groups is 1. The molecule has 100 valence electrons. The van der Waals surface area contributed by atoms with E-state index in [0.29, 0.717) is 12.6 Å². The Kier molecular flexibility index (Phi) is 5.40.